The van der Waals surface area contributed by atoms with Crippen LogP contribution in [0.25, 0.3) is 0 Å². The highest BCUT2D eigenvalue weighted by atomic mass is 16.7. The van der Waals surface area contributed by atoms with Crippen molar-refractivity contribution in [1.29, 1.82) is 0 Å². The largest absolute Gasteiger partial charge is 0.352 e. The Morgan fingerprint density at radius 2 is 1.89 bits per heavy atom. The van der Waals surface area contributed by atoms with E-state index in [0.717, 1.165) is 19.6 Å². The second kappa shape index (κ2) is 6.41. The summed E-state index contributed by atoms with van der Waals surface area (Å²) in [6, 6.07) is 0. The van der Waals surface area contributed by atoms with Crippen LogP contribution in [0.4, 0.5) is 0 Å². The van der Waals surface area contributed by atoms with Crippen LogP contribution in [-0.2, 0) is 9.47 Å². The third-order valence-electron chi connectivity index (χ3n) is 5.17. The zero-order chi connectivity index (χ0) is 13.9. The fourth-order valence-electron chi connectivity index (χ4n) is 3.66. The summed E-state index contributed by atoms with van der Waals surface area (Å²) in [6.45, 7) is 10.9. The summed E-state index contributed by atoms with van der Waals surface area (Å²) < 4.78 is 12.1. The predicted molar refractivity (Wildman–Crippen MR) is 79.0 cm³/mol. The standard InChI is InChI=1S/C17H30O2/c1-5-6-7-8-16-18-11-17(12-19-16)14(3)9-13(2)10-15(17)4/h9,14-16H,5-8,10-12H2,1-4H3/t14-,15+,16?,17?/m0/s1. The molecule has 0 aromatic rings. The van der Waals surface area contributed by atoms with E-state index >= 15 is 0 Å². The first-order valence-electron chi connectivity index (χ1n) is 7.99. The van der Waals surface area contributed by atoms with Crippen molar-refractivity contribution in [3.63, 3.8) is 0 Å². The Kier molecular flexibility index (Phi) is 5.08. The first-order valence-corrected chi connectivity index (χ1v) is 7.99. The molecule has 1 aliphatic carbocycles. The monoisotopic (exact) mass is 266 g/mol. The number of allylic oxidation sites excluding steroid dienone is 2. The van der Waals surface area contributed by atoms with E-state index in [1.54, 1.807) is 0 Å². The molecule has 0 unspecified atom stereocenters. The van der Waals surface area contributed by atoms with E-state index in [1.165, 1.54) is 31.3 Å². The number of ether oxygens (including phenoxy) is 2. The maximum absolute atomic E-state index is 6.04. The molecule has 2 aliphatic rings. The van der Waals surface area contributed by atoms with Gasteiger partial charge >= 0.3 is 0 Å². The molecule has 0 aromatic carbocycles. The van der Waals surface area contributed by atoms with E-state index in [2.05, 4.69) is 33.8 Å². The van der Waals surface area contributed by atoms with Gasteiger partial charge in [-0.1, -0.05) is 45.3 Å². The minimum absolute atomic E-state index is 0.0450. The van der Waals surface area contributed by atoms with Crippen LogP contribution in [0.15, 0.2) is 11.6 Å². The van der Waals surface area contributed by atoms with Crippen molar-refractivity contribution in [2.24, 2.45) is 17.3 Å². The lowest BCUT2D eigenvalue weighted by molar-refractivity contribution is -0.252. The Morgan fingerprint density at radius 3 is 2.47 bits per heavy atom. The Bertz CT molecular complexity index is 313. The molecule has 1 aliphatic heterocycles. The molecular weight excluding hydrogens is 236 g/mol. The summed E-state index contributed by atoms with van der Waals surface area (Å²) in [5.41, 5.74) is 1.73. The predicted octanol–water partition coefficient (Wildman–Crippen LogP) is 4.55. The van der Waals surface area contributed by atoms with Gasteiger partial charge in [-0.3, -0.25) is 0 Å². The number of hydrogen-bond donors (Lipinski definition) is 0. The third-order valence-corrected chi connectivity index (χ3v) is 5.17. The highest BCUT2D eigenvalue weighted by Crippen LogP contribution is 2.47. The molecule has 0 bridgehead atoms. The first kappa shape index (κ1) is 15.1. The Balaban J connectivity index is 1.91. The van der Waals surface area contributed by atoms with Crippen LogP contribution in [0, 0.1) is 17.3 Å². The minimum Gasteiger partial charge on any atom is -0.352 e. The third kappa shape index (κ3) is 3.22. The average Bonchev–Trinajstić information content (AvgIpc) is 2.38. The summed E-state index contributed by atoms with van der Waals surface area (Å²) in [4.78, 5) is 0. The van der Waals surface area contributed by atoms with Crippen molar-refractivity contribution in [2.45, 2.75) is 66.1 Å². The maximum Gasteiger partial charge on any atom is 0.157 e. The first-order chi connectivity index (χ1) is 9.08. The van der Waals surface area contributed by atoms with Gasteiger partial charge < -0.3 is 9.47 Å². The fourth-order valence-corrected chi connectivity index (χ4v) is 3.66. The Hall–Kier alpha value is -0.340. The maximum atomic E-state index is 6.04. The van der Waals surface area contributed by atoms with Crippen molar-refractivity contribution >= 4 is 0 Å². The van der Waals surface area contributed by atoms with Gasteiger partial charge in [-0.2, -0.15) is 0 Å². The van der Waals surface area contributed by atoms with E-state index < -0.39 is 0 Å². The van der Waals surface area contributed by atoms with Crippen molar-refractivity contribution in [3.8, 4) is 0 Å². The summed E-state index contributed by atoms with van der Waals surface area (Å²) >= 11 is 0. The zero-order valence-corrected chi connectivity index (χ0v) is 13.1. The van der Waals surface area contributed by atoms with Gasteiger partial charge in [-0.25, -0.2) is 0 Å². The van der Waals surface area contributed by atoms with Gasteiger partial charge in [0, 0.05) is 5.41 Å². The van der Waals surface area contributed by atoms with E-state index in [9.17, 15) is 0 Å². The van der Waals surface area contributed by atoms with E-state index in [-0.39, 0.29) is 11.7 Å². The van der Waals surface area contributed by atoms with Crippen LogP contribution in [-0.4, -0.2) is 19.5 Å². The summed E-state index contributed by atoms with van der Waals surface area (Å²) in [7, 11) is 0. The molecular formula is C17H30O2. The van der Waals surface area contributed by atoms with Crippen molar-refractivity contribution in [2.75, 3.05) is 13.2 Å². The van der Waals surface area contributed by atoms with Crippen LogP contribution >= 0.6 is 0 Å². The molecule has 2 nitrogen and oxygen atoms in total. The molecule has 1 saturated heterocycles. The molecule has 0 amide bonds. The summed E-state index contributed by atoms with van der Waals surface area (Å²) in [5, 5.41) is 0. The molecule has 110 valence electrons. The molecule has 1 fully saturated rings. The Labute approximate surface area is 118 Å². The van der Waals surface area contributed by atoms with Crippen LogP contribution < -0.4 is 0 Å². The normalized spacial score (nSPS) is 39.4. The van der Waals surface area contributed by atoms with Gasteiger partial charge in [0.25, 0.3) is 0 Å². The van der Waals surface area contributed by atoms with Gasteiger partial charge in [0.2, 0.25) is 0 Å². The molecule has 0 saturated carbocycles. The van der Waals surface area contributed by atoms with E-state index in [4.69, 9.17) is 9.47 Å². The van der Waals surface area contributed by atoms with Crippen molar-refractivity contribution in [3.05, 3.63) is 11.6 Å². The van der Waals surface area contributed by atoms with Crippen LogP contribution in [0.2, 0.25) is 0 Å². The molecule has 0 aromatic heterocycles. The molecule has 0 N–H and O–H groups in total. The second-order valence-corrected chi connectivity index (χ2v) is 6.69. The molecule has 2 atom stereocenters. The lowest BCUT2D eigenvalue weighted by atomic mass is 9.63. The quantitative estimate of drug-likeness (QED) is 0.549. The SMILES string of the molecule is CCCCCC1OCC2(CO1)[C@H](C)CC(C)=C[C@@H]2C. The smallest absolute Gasteiger partial charge is 0.157 e. The van der Waals surface area contributed by atoms with Gasteiger partial charge in [-0.15, -0.1) is 0 Å². The lowest BCUT2D eigenvalue weighted by Crippen LogP contribution is -2.50. The van der Waals surface area contributed by atoms with Gasteiger partial charge in [-0.05, 0) is 38.0 Å². The highest BCUT2D eigenvalue weighted by molar-refractivity contribution is 5.13. The molecule has 1 heterocycles. The summed E-state index contributed by atoms with van der Waals surface area (Å²) in [6.07, 6.45) is 8.47. The van der Waals surface area contributed by atoms with Crippen molar-refractivity contribution in [1.82, 2.24) is 0 Å². The molecule has 19 heavy (non-hydrogen) atoms. The minimum atomic E-state index is 0.0450. The molecule has 0 radical (unpaired) electrons. The molecule has 2 rings (SSSR count). The van der Waals surface area contributed by atoms with Gasteiger partial charge in [0.05, 0.1) is 13.2 Å². The molecule has 2 heteroatoms. The van der Waals surface area contributed by atoms with E-state index in [1.807, 2.05) is 0 Å². The van der Waals surface area contributed by atoms with Gasteiger partial charge in [0.1, 0.15) is 0 Å². The number of rotatable bonds is 4. The van der Waals surface area contributed by atoms with E-state index in [0.29, 0.717) is 11.8 Å². The number of hydrogen-bond acceptors (Lipinski definition) is 2. The van der Waals surface area contributed by atoms with Gasteiger partial charge in [0.15, 0.2) is 6.29 Å². The zero-order valence-electron chi connectivity index (χ0n) is 13.1. The average molecular weight is 266 g/mol. The second-order valence-electron chi connectivity index (χ2n) is 6.69. The fraction of sp³-hybridized carbons (Fsp3) is 0.882. The van der Waals surface area contributed by atoms with Crippen molar-refractivity contribution < 1.29 is 9.47 Å². The molecule has 1 spiro atoms. The topological polar surface area (TPSA) is 18.5 Å². The van der Waals surface area contributed by atoms with Crippen LogP contribution in [0.1, 0.15) is 59.8 Å². The van der Waals surface area contributed by atoms with Crippen LogP contribution in [0.5, 0.6) is 0 Å². The Morgan fingerprint density at radius 1 is 1.21 bits per heavy atom. The number of unbranched alkanes of at least 4 members (excludes halogenated alkanes) is 2. The highest BCUT2D eigenvalue weighted by Gasteiger charge is 2.46. The summed E-state index contributed by atoms with van der Waals surface area (Å²) in [5.74, 6) is 1.22. The lowest BCUT2D eigenvalue weighted by Gasteiger charge is -2.49. The van der Waals surface area contributed by atoms with Crippen LogP contribution in [0.3, 0.4) is 0 Å².